The summed E-state index contributed by atoms with van der Waals surface area (Å²) in [5.41, 5.74) is 0. The molecular formula is C6H9FeI2O3P. The molecule has 0 atom stereocenters. The van der Waals surface area contributed by atoms with Gasteiger partial charge in [0.25, 0.3) is 20.4 Å². The summed E-state index contributed by atoms with van der Waals surface area (Å²) >= 11 is 5.06. The van der Waals surface area contributed by atoms with Crippen LogP contribution in [0.4, 0.5) is 0 Å². The second-order valence-corrected chi connectivity index (χ2v) is 33.1. The summed E-state index contributed by atoms with van der Waals surface area (Å²) in [6, 6.07) is 0. The SMILES string of the molecule is CP(C)(C)(I)I.[C]=O.[C]=O.[C]=O.[Fe]. The molecule has 0 bridgehead atoms. The van der Waals surface area contributed by atoms with Crippen LogP contribution in [0.1, 0.15) is 0 Å². The zero-order valence-electron chi connectivity index (χ0n) is 7.28. The third-order valence-corrected chi connectivity index (χ3v) is 0. The summed E-state index contributed by atoms with van der Waals surface area (Å²) in [6.45, 7) is 20.4. The van der Waals surface area contributed by atoms with Gasteiger partial charge in [0.2, 0.25) is 0 Å². The predicted molar refractivity (Wildman–Crippen MR) is 69.8 cm³/mol. The van der Waals surface area contributed by atoms with E-state index < -0.39 is 1.89 Å². The van der Waals surface area contributed by atoms with Gasteiger partial charge in [0.15, 0.2) is 0 Å². The number of halogens is 2. The van der Waals surface area contributed by atoms with Crippen LogP contribution in [0.15, 0.2) is 0 Å². The van der Waals surface area contributed by atoms with Crippen LogP contribution < -0.4 is 0 Å². The quantitative estimate of drug-likeness (QED) is 0.309. The zero-order valence-corrected chi connectivity index (χ0v) is 13.6. The summed E-state index contributed by atoms with van der Waals surface area (Å²) in [5.74, 6) is 0. The van der Waals surface area contributed by atoms with Gasteiger partial charge in [0, 0.05) is 17.1 Å². The molecule has 13 heavy (non-hydrogen) atoms. The van der Waals surface area contributed by atoms with Crippen LogP contribution in [-0.4, -0.2) is 40.4 Å². The van der Waals surface area contributed by atoms with Gasteiger partial charge in [0.1, 0.15) is 0 Å². The van der Waals surface area contributed by atoms with Gasteiger partial charge in [-0.25, -0.2) is 0 Å². The summed E-state index contributed by atoms with van der Waals surface area (Å²) in [5, 5.41) is 0. The van der Waals surface area contributed by atoms with E-state index in [1.165, 1.54) is 0 Å². The van der Waals surface area contributed by atoms with Crippen molar-refractivity contribution in [2.24, 2.45) is 0 Å². The van der Waals surface area contributed by atoms with Crippen LogP contribution in [0.5, 0.6) is 0 Å². The van der Waals surface area contributed by atoms with E-state index in [1.807, 2.05) is 0 Å². The Morgan fingerprint density at radius 2 is 0.769 bits per heavy atom. The molecule has 7 heteroatoms. The van der Waals surface area contributed by atoms with Crippen molar-refractivity contribution in [2.45, 2.75) is 0 Å². The molecule has 78 valence electrons. The second-order valence-electron chi connectivity index (χ2n) is 2.42. The molecule has 0 saturated carbocycles. The Bertz CT molecular complexity index is 84.1. The van der Waals surface area contributed by atoms with Crippen LogP contribution in [-0.2, 0) is 31.5 Å². The number of carbonyl (C=O) groups excluding carboxylic acids is 3. The molecule has 0 aromatic carbocycles. The molecule has 0 N–H and O–H groups in total. The summed E-state index contributed by atoms with van der Waals surface area (Å²) in [7, 11) is 0. The van der Waals surface area contributed by atoms with Gasteiger partial charge in [0.05, 0.1) is 0 Å². The minimum Gasteiger partial charge on any atom is -0.281 e. The Morgan fingerprint density at radius 1 is 0.769 bits per heavy atom. The molecule has 0 unspecified atom stereocenters. The smallest absolute Gasteiger partial charge is 0.281 e. The maximum atomic E-state index is 7.50. The molecule has 0 rings (SSSR count). The maximum absolute atomic E-state index is 7.50. The fourth-order valence-corrected chi connectivity index (χ4v) is 0. The van der Waals surface area contributed by atoms with Crippen LogP contribution in [0.25, 0.3) is 0 Å². The van der Waals surface area contributed by atoms with Crippen LogP contribution in [0, 0.1) is 0 Å². The summed E-state index contributed by atoms with van der Waals surface area (Å²) in [6.07, 6.45) is 0. The first-order chi connectivity index (χ1) is 5.24. The predicted octanol–water partition coefficient (Wildman–Crippen LogP) is 1.94. The molecule has 0 amide bonds. The van der Waals surface area contributed by atoms with Crippen molar-refractivity contribution in [3.05, 3.63) is 0 Å². The van der Waals surface area contributed by atoms with Gasteiger partial charge in [-0.3, -0.25) is 14.4 Å². The molecule has 0 saturated heterocycles. The molecule has 0 aliphatic carbocycles. The standard InChI is InChI=1S/C3H9I2P.3CO.Fe/c1-6(2,3,4)5;3*1-2;/h1-3H3;;;;. The second kappa shape index (κ2) is 15.9. The monoisotopic (exact) mass is 470 g/mol. The van der Waals surface area contributed by atoms with Crippen molar-refractivity contribution in [3.63, 3.8) is 0 Å². The molecule has 0 aliphatic heterocycles. The van der Waals surface area contributed by atoms with Gasteiger partial charge in [-0.1, -0.05) is 0 Å². The molecule has 0 aromatic heterocycles. The van der Waals surface area contributed by atoms with Crippen LogP contribution in [0.3, 0.4) is 0 Å². The average Bonchev–Trinajstić information content (AvgIpc) is 1.95. The van der Waals surface area contributed by atoms with Gasteiger partial charge < -0.3 is 0 Å². The molecule has 0 aromatic rings. The number of hydrogen-bond acceptors (Lipinski definition) is 3. The van der Waals surface area contributed by atoms with E-state index in [1.54, 1.807) is 0 Å². The Morgan fingerprint density at radius 3 is 0.769 bits per heavy atom. The van der Waals surface area contributed by atoms with Crippen LogP contribution in [0.2, 0.25) is 0 Å². The average molecular weight is 470 g/mol. The Balaban J connectivity index is -0.0000000263. The molecule has 0 spiro atoms. The van der Waals surface area contributed by atoms with Gasteiger partial charge in [-0.05, 0) is 0 Å². The zero-order chi connectivity index (χ0) is 11.4. The molecule has 3 nitrogen and oxygen atoms in total. The van der Waals surface area contributed by atoms with E-state index in [0.717, 1.165) is 0 Å². The van der Waals surface area contributed by atoms with Gasteiger partial charge >= 0.3 is 66.0 Å². The van der Waals surface area contributed by atoms with E-state index in [-0.39, 0.29) is 17.1 Å². The molecular weight excluding hydrogens is 461 g/mol. The third-order valence-electron chi connectivity index (χ3n) is 0. The third kappa shape index (κ3) is 868. The Hall–Kier alpha value is 1.42. The Kier molecular flexibility index (Phi) is 35.7. The van der Waals surface area contributed by atoms with Crippen LogP contribution >= 0.6 is 46.0 Å². The summed E-state index contributed by atoms with van der Waals surface area (Å²) in [4.78, 5) is 22.5. The first-order valence-corrected chi connectivity index (χ1v) is 11.4. The largest absolute Gasteiger partial charge is 0.281 e. The molecule has 0 heterocycles. The molecule has 6 radical (unpaired) electrons. The van der Waals surface area contributed by atoms with E-state index >= 15 is 0 Å². The molecule has 0 fully saturated rings. The Labute approximate surface area is 117 Å². The van der Waals surface area contributed by atoms with Crippen molar-refractivity contribution >= 4 is 66.3 Å². The van der Waals surface area contributed by atoms with Crippen molar-refractivity contribution in [2.75, 3.05) is 20.0 Å². The first-order valence-electron chi connectivity index (χ1n) is 2.29. The first kappa shape index (κ1) is 29.3. The van der Waals surface area contributed by atoms with Gasteiger partial charge in [-0.2, -0.15) is 0 Å². The van der Waals surface area contributed by atoms with Crippen molar-refractivity contribution in [1.82, 2.24) is 0 Å². The number of hydrogen-bond donors (Lipinski definition) is 0. The minimum absolute atomic E-state index is 0. The van der Waals surface area contributed by atoms with E-state index in [4.69, 9.17) is 14.4 Å². The van der Waals surface area contributed by atoms with E-state index in [0.29, 0.717) is 0 Å². The number of rotatable bonds is 0. The fraction of sp³-hybridized carbons (Fsp3) is 0.500. The topological polar surface area (TPSA) is 51.2 Å². The maximum Gasteiger partial charge on any atom is 0.281 e. The van der Waals surface area contributed by atoms with Gasteiger partial charge in [-0.15, -0.1) is 0 Å². The van der Waals surface area contributed by atoms with Crippen molar-refractivity contribution < 1.29 is 31.5 Å². The summed E-state index contributed by atoms with van der Waals surface area (Å²) < 4.78 is -1.11. The minimum atomic E-state index is -1.11. The molecule has 0 aliphatic rings. The fourth-order valence-electron chi connectivity index (χ4n) is 0. The normalized spacial score (nSPS) is 9.77. The van der Waals surface area contributed by atoms with Crippen molar-refractivity contribution in [1.29, 1.82) is 0 Å². The van der Waals surface area contributed by atoms with E-state index in [2.05, 4.69) is 84.4 Å². The van der Waals surface area contributed by atoms with E-state index in [9.17, 15) is 0 Å². The van der Waals surface area contributed by atoms with Crippen molar-refractivity contribution in [3.8, 4) is 0 Å².